The predicted octanol–water partition coefficient (Wildman–Crippen LogP) is 4.63. The summed E-state index contributed by atoms with van der Waals surface area (Å²) in [6.07, 6.45) is 3.20. The second-order valence-electron chi connectivity index (χ2n) is 4.94. The molecule has 0 fully saturated rings. The Kier molecular flexibility index (Phi) is 5.33. The van der Waals surface area contributed by atoms with Gasteiger partial charge in [0, 0.05) is 17.9 Å². The molecule has 0 amide bonds. The third-order valence-corrected chi connectivity index (χ3v) is 3.61. The largest absolute Gasteiger partial charge is 0.497 e. The van der Waals surface area contributed by atoms with Gasteiger partial charge in [0.2, 0.25) is 0 Å². The molecule has 2 aromatic rings. The van der Waals surface area contributed by atoms with Gasteiger partial charge < -0.3 is 4.74 Å². The summed E-state index contributed by atoms with van der Waals surface area (Å²) in [6.45, 7) is 3.88. The maximum absolute atomic E-state index is 12.2. The van der Waals surface area contributed by atoms with Crippen LogP contribution >= 0.6 is 0 Å². The first-order valence-electron chi connectivity index (χ1n) is 7.09. The third-order valence-electron chi connectivity index (χ3n) is 3.61. The monoisotopic (exact) mass is 280 g/mol. The van der Waals surface area contributed by atoms with Gasteiger partial charge in [0.05, 0.1) is 7.11 Å². The van der Waals surface area contributed by atoms with Crippen LogP contribution in [0, 0.1) is 0 Å². The van der Waals surface area contributed by atoms with E-state index in [1.54, 1.807) is 7.11 Å². The molecule has 0 N–H and O–H groups in total. The number of allylic oxidation sites excluding steroid dienone is 1. The molecule has 0 radical (unpaired) electrons. The van der Waals surface area contributed by atoms with Gasteiger partial charge >= 0.3 is 0 Å². The highest BCUT2D eigenvalue weighted by atomic mass is 16.5. The summed E-state index contributed by atoms with van der Waals surface area (Å²) < 4.78 is 5.10. The van der Waals surface area contributed by atoms with E-state index in [1.807, 2.05) is 48.5 Å². The van der Waals surface area contributed by atoms with E-state index in [0.29, 0.717) is 6.42 Å². The molecular weight excluding hydrogens is 260 g/mol. The fraction of sp³-hybridized carbons (Fsp3) is 0.211. The summed E-state index contributed by atoms with van der Waals surface area (Å²) in [4.78, 5) is 12.2. The molecule has 2 nitrogen and oxygen atoms in total. The molecule has 21 heavy (non-hydrogen) atoms. The summed E-state index contributed by atoms with van der Waals surface area (Å²) in [5.74, 6) is 1.13. The molecule has 0 aromatic heterocycles. The zero-order valence-electron chi connectivity index (χ0n) is 12.3. The van der Waals surface area contributed by atoms with Crippen LogP contribution in [0.4, 0.5) is 0 Å². The molecule has 0 spiro atoms. The van der Waals surface area contributed by atoms with Crippen molar-refractivity contribution in [3.63, 3.8) is 0 Å². The quantitative estimate of drug-likeness (QED) is 0.546. The topological polar surface area (TPSA) is 26.3 Å². The first-order valence-corrected chi connectivity index (χ1v) is 7.09. The number of benzene rings is 2. The van der Waals surface area contributed by atoms with Gasteiger partial charge in [0.15, 0.2) is 5.78 Å². The van der Waals surface area contributed by atoms with Crippen LogP contribution < -0.4 is 4.74 Å². The summed E-state index contributed by atoms with van der Waals surface area (Å²) in [7, 11) is 1.62. The van der Waals surface area contributed by atoms with E-state index >= 15 is 0 Å². The number of hydrogen-bond acceptors (Lipinski definition) is 2. The lowest BCUT2D eigenvalue weighted by atomic mass is 9.92. The van der Waals surface area contributed by atoms with Crippen molar-refractivity contribution in [1.82, 2.24) is 0 Å². The number of methoxy groups -OCH3 is 1. The molecule has 0 aliphatic rings. The smallest absolute Gasteiger partial charge is 0.162 e. The SMILES string of the molecule is C=CC(CCC(=O)c1ccc(OC)cc1)c1ccccc1. The second-order valence-corrected chi connectivity index (χ2v) is 4.94. The van der Waals surface area contributed by atoms with Crippen LogP contribution in [0.25, 0.3) is 0 Å². The highest BCUT2D eigenvalue weighted by Gasteiger charge is 2.11. The summed E-state index contributed by atoms with van der Waals surface area (Å²) >= 11 is 0. The molecule has 108 valence electrons. The first-order chi connectivity index (χ1) is 10.2. The molecule has 0 aliphatic carbocycles. The molecule has 1 atom stereocenters. The Morgan fingerprint density at radius 1 is 1.14 bits per heavy atom. The highest BCUT2D eigenvalue weighted by molar-refractivity contribution is 5.96. The molecule has 1 unspecified atom stereocenters. The maximum atomic E-state index is 12.2. The van der Waals surface area contributed by atoms with Crippen LogP contribution in [-0.2, 0) is 0 Å². The van der Waals surface area contributed by atoms with E-state index < -0.39 is 0 Å². The van der Waals surface area contributed by atoms with Gasteiger partial charge in [-0.3, -0.25) is 4.79 Å². The number of carbonyl (C=O) groups excluding carboxylic acids is 1. The molecule has 2 heteroatoms. The van der Waals surface area contributed by atoms with Crippen molar-refractivity contribution >= 4 is 5.78 Å². The Hall–Kier alpha value is -2.35. The Morgan fingerprint density at radius 2 is 1.81 bits per heavy atom. The summed E-state index contributed by atoms with van der Waals surface area (Å²) in [5.41, 5.74) is 1.93. The molecule has 2 aromatic carbocycles. The Balaban J connectivity index is 1.97. The van der Waals surface area contributed by atoms with Gasteiger partial charge in [0.25, 0.3) is 0 Å². The first kappa shape index (κ1) is 15.0. The summed E-state index contributed by atoms with van der Waals surface area (Å²) in [6, 6.07) is 17.4. The molecule has 0 saturated carbocycles. The van der Waals surface area contributed by atoms with Crippen LogP contribution in [0.5, 0.6) is 5.75 Å². The number of Topliss-reactive ketones (excluding diaryl/α,β-unsaturated/α-hetero) is 1. The molecule has 0 saturated heterocycles. The number of ether oxygens (including phenoxy) is 1. The van der Waals surface area contributed by atoms with Crippen molar-refractivity contribution in [2.24, 2.45) is 0 Å². The fourth-order valence-electron chi connectivity index (χ4n) is 2.33. The third kappa shape index (κ3) is 4.06. The van der Waals surface area contributed by atoms with Crippen molar-refractivity contribution in [3.8, 4) is 5.75 Å². The summed E-state index contributed by atoms with van der Waals surface area (Å²) in [5, 5.41) is 0. The highest BCUT2D eigenvalue weighted by Crippen LogP contribution is 2.23. The van der Waals surface area contributed by atoms with E-state index in [1.165, 1.54) is 5.56 Å². The molecule has 2 rings (SSSR count). The zero-order chi connectivity index (χ0) is 15.1. The molecule has 0 heterocycles. The van der Waals surface area contributed by atoms with Crippen molar-refractivity contribution in [1.29, 1.82) is 0 Å². The van der Waals surface area contributed by atoms with Crippen molar-refractivity contribution in [3.05, 3.63) is 78.4 Å². The standard InChI is InChI=1S/C19H20O2/c1-3-15(16-7-5-4-6-8-16)11-14-19(20)17-9-12-18(21-2)13-10-17/h3-10,12-13,15H,1,11,14H2,2H3. The van der Waals surface area contributed by atoms with Crippen LogP contribution in [0.3, 0.4) is 0 Å². The normalized spacial score (nSPS) is 11.7. The lowest BCUT2D eigenvalue weighted by Gasteiger charge is -2.12. The Morgan fingerprint density at radius 3 is 2.38 bits per heavy atom. The lowest BCUT2D eigenvalue weighted by molar-refractivity contribution is 0.0979. The Bertz CT molecular complexity index is 585. The minimum atomic E-state index is 0.153. The van der Waals surface area contributed by atoms with Gasteiger partial charge in [-0.25, -0.2) is 0 Å². The van der Waals surface area contributed by atoms with Crippen molar-refractivity contribution in [2.45, 2.75) is 18.8 Å². The van der Waals surface area contributed by atoms with Crippen LogP contribution in [0.1, 0.15) is 34.7 Å². The van der Waals surface area contributed by atoms with Gasteiger partial charge in [-0.05, 0) is 36.2 Å². The maximum Gasteiger partial charge on any atom is 0.162 e. The number of ketones is 1. The number of rotatable bonds is 7. The minimum absolute atomic E-state index is 0.153. The molecule has 0 bridgehead atoms. The van der Waals surface area contributed by atoms with Gasteiger partial charge in [-0.15, -0.1) is 6.58 Å². The van der Waals surface area contributed by atoms with Gasteiger partial charge in [0.1, 0.15) is 5.75 Å². The average Bonchev–Trinajstić information content (AvgIpc) is 2.56. The minimum Gasteiger partial charge on any atom is -0.497 e. The lowest BCUT2D eigenvalue weighted by Crippen LogP contribution is -2.03. The van der Waals surface area contributed by atoms with E-state index in [9.17, 15) is 4.79 Å². The van der Waals surface area contributed by atoms with Crippen LogP contribution in [0.15, 0.2) is 67.3 Å². The fourth-order valence-corrected chi connectivity index (χ4v) is 2.33. The van der Waals surface area contributed by atoms with Crippen LogP contribution in [-0.4, -0.2) is 12.9 Å². The van der Waals surface area contributed by atoms with Gasteiger partial charge in [-0.1, -0.05) is 36.4 Å². The van der Waals surface area contributed by atoms with Crippen LogP contribution in [0.2, 0.25) is 0 Å². The Labute approximate surface area is 126 Å². The van der Waals surface area contributed by atoms with E-state index in [4.69, 9.17) is 4.74 Å². The predicted molar refractivity (Wildman–Crippen MR) is 85.9 cm³/mol. The molecule has 0 aliphatic heterocycles. The second kappa shape index (κ2) is 7.44. The number of carbonyl (C=O) groups is 1. The van der Waals surface area contributed by atoms with E-state index in [0.717, 1.165) is 17.7 Å². The van der Waals surface area contributed by atoms with E-state index in [2.05, 4.69) is 18.7 Å². The number of hydrogen-bond donors (Lipinski definition) is 0. The van der Waals surface area contributed by atoms with Crippen molar-refractivity contribution in [2.75, 3.05) is 7.11 Å². The van der Waals surface area contributed by atoms with Gasteiger partial charge in [-0.2, -0.15) is 0 Å². The zero-order valence-corrected chi connectivity index (χ0v) is 12.3. The van der Waals surface area contributed by atoms with E-state index in [-0.39, 0.29) is 11.7 Å². The average molecular weight is 280 g/mol. The van der Waals surface area contributed by atoms with Crippen molar-refractivity contribution < 1.29 is 9.53 Å². The molecular formula is C19H20O2.